The van der Waals surface area contributed by atoms with Crippen molar-refractivity contribution in [2.45, 2.75) is 53.2 Å². The highest BCUT2D eigenvalue weighted by Crippen LogP contribution is 2.23. The Labute approximate surface area is 193 Å². The van der Waals surface area contributed by atoms with E-state index in [0.29, 0.717) is 24.5 Å². The summed E-state index contributed by atoms with van der Waals surface area (Å²) in [5.74, 6) is 0.442. The third kappa shape index (κ3) is 6.04. The molecule has 9 nitrogen and oxygen atoms in total. The molecule has 2 heterocycles. The van der Waals surface area contributed by atoms with Gasteiger partial charge in [0, 0.05) is 25.3 Å². The van der Waals surface area contributed by atoms with Crippen LogP contribution >= 0.6 is 0 Å². The summed E-state index contributed by atoms with van der Waals surface area (Å²) in [6.45, 7) is 9.59. The Hall–Kier alpha value is -3.07. The second-order valence-corrected chi connectivity index (χ2v) is 9.28. The van der Waals surface area contributed by atoms with Crippen molar-refractivity contribution in [1.29, 1.82) is 0 Å². The fourth-order valence-corrected chi connectivity index (χ4v) is 3.84. The van der Waals surface area contributed by atoms with Crippen LogP contribution in [0.25, 0.3) is 0 Å². The first-order valence-electron chi connectivity index (χ1n) is 11.5. The van der Waals surface area contributed by atoms with Gasteiger partial charge in [-0.05, 0) is 48.9 Å². The van der Waals surface area contributed by atoms with Crippen LogP contribution in [0, 0.1) is 11.8 Å². The first-order valence-corrected chi connectivity index (χ1v) is 11.5. The molecule has 9 heteroatoms. The molecule has 0 bridgehead atoms. The summed E-state index contributed by atoms with van der Waals surface area (Å²) in [5.41, 5.74) is 5.39. The van der Waals surface area contributed by atoms with Gasteiger partial charge in [0.05, 0.1) is 6.10 Å². The minimum atomic E-state index is -0.678. The normalized spacial score (nSPS) is 15.9. The van der Waals surface area contributed by atoms with Crippen LogP contribution in [0.2, 0.25) is 0 Å². The van der Waals surface area contributed by atoms with E-state index < -0.39 is 11.2 Å². The molecule has 180 valence electrons. The molecule has 1 aromatic heterocycles. The molecule has 0 radical (unpaired) electrons. The Bertz CT molecular complexity index is 1070. The van der Waals surface area contributed by atoms with Crippen LogP contribution in [0.4, 0.5) is 11.5 Å². The van der Waals surface area contributed by atoms with E-state index >= 15 is 0 Å². The average Bonchev–Trinajstić information content (AvgIpc) is 3.27. The second kappa shape index (κ2) is 10.7. The number of aromatic nitrogens is 2. The van der Waals surface area contributed by atoms with Gasteiger partial charge in [0.2, 0.25) is 0 Å². The number of carbonyl (C=O) groups excluding carboxylic acids is 1. The van der Waals surface area contributed by atoms with Crippen LogP contribution in [-0.4, -0.2) is 41.3 Å². The summed E-state index contributed by atoms with van der Waals surface area (Å²) in [6, 6.07) is 6.77. The van der Waals surface area contributed by atoms with E-state index in [0.717, 1.165) is 19.4 Å². The fraction of sp³-hybridized carbons (Fsp3) is 0.542. The van der Waals surface area contributed by atoms with Crippen molar-refractivity contribution in [1.82, 2.24) is 9.55 Å². The molecule has 33 heavy (non-hydrogen) atoms. The van der Waals surface area contributed by atoms with Crippen LogP contribution in [0.1, 0.15) is 50.9 Å². The van der Waals surface area contributed by atoms with Gasteiger partial charge in [-0.2, -0.15) is 0 Å². The topological polar surface area (TPSA) is 120 Å². The zero-order chi connectivity index (χ0) is 24.1. The molecule has 3 N–H and O–H groups in total. The summed E-state index contributed by atoms with van der Waals surface area (Å²) in [5, 5.41) is 0. The highest BCUT2D eigenvalue weighted by atomic mass is 16.5. The molecule has 0 aliphatic carbocycles. The molecule has 1 aliphatic rings. The second-order valence-electron chi connectivity index (χ2n) is 9.28. The SMILES string of the molecule is CC(C)CN(C(=O)c1ccc(OCC2CCCO2)cc1)c1c(N)n(CC(C)C)c(=O)[nH]c1=O. The molecule has 3 rings (SSSR count). The van der Waals surface area contributed by atoms with Gasteiger partial charge in [-0.15, -0.1) is 0 Å². The molecular weight excluding hydrogens is 424 g/mol. The largest absolute Gasteiger partial charge is 0.491 e. The number of ether oxygens (including phenoxy) is 2. The predicted octanol–water partition coefficient (Wildman–Crippen LogP) is 2.64. The van der Waals surface area contributed by atoms with Crippen LogP contribution in [0.3, 0.4) is 0 Å². The molecule has 1 unspecified atom stereocenters. The van der Waals surface area contributed by atoms with Gasteiger partial charge in [0.25, 0.3) is 11.5 Å². The number of hydrogen-bond acceptors (Lipinski definition) is 6. The van der Waals surface area contributed by atoms with Crippen molar-refractivity contribution in [3.63, 3.8) is 0 Å². The van der Waals surface area contributed by atoms with Gasteiger partial charge in [-0.3, -0.25) is 19.1 Å². The van der Waals surface area contributed by atoms with E-state index in [1.54, 1.807) is 24.3 Å². The Morgan fingerprint density at radius 2 is 1.91 bits per heavy atom. The number of anilines is 2. The van der Waals surface area contributed by atoms with Crippen LogP contribution < -0.4 is 26.6 Å². The summed E-state index contributed by atoms with van der Waals surface area (Å²) < 4.78 is 12.6. The lowest BCUT2D eigenvalue weighted by Gasteiger charge is -2.26. The number of nitrogen functional groups attached to an aromatic ring is 1. The van der Waals surface area contributed by atoms with Crippen molar-refractivity contribution in [3.8, 4) is 5.75 Å². The van der Waals surface area contributed by atoms with Gasteiger partial charge in [0.15, 0.2) is 5.69 Å². The zero-order valence-electron chi connectivity index (χ0n) is 19.8. The van der Waals surface area contributed by atoms with Crippen LogP contribution in [-0.2, 0) is 11.3 Å². The zero-order valence-corrected chi connectivity index (χ0v) is 19.8. The summed E-state index contributed by atoms with van der Waals surface area (Å²) in [7, 11) is 0. The van der Waals surface area contributed by atoms with E-state index in [4.69, 9.17) is 15.2 Å². The van der Waals surface area contributed by atoms with Gasteiger partial charge in [0.1, 0.15) is 18.2 Å². The number of aromatic amines is 1. The van der Waals surface area contributed by atoms with E-state index in [1.807, 2.05) is 27.7 Å². The van der Waals surface area contributed by atoms with Crippen molar-refractivity contribution in [3.05, 3.63) is 50.7 Å². The number of H-pyrrole nitrogens is 1. The fourth-order valence-electron chi connectivity index (χ4n) is 3.84. The molecule has 1 fully saturated rings. The molecule has 2 aromatic rings. The molecule has 1 aromatic carbocycles. The number of nitrogens with one attached hydrogen (secondary N) is 1. The van der Waals surface area contributed by atoms with Gasteiger partial charge in [-0.25, -0.2) is 4.79 Å². The average molecular weight is 459 g/mol. The maximum atomic E-state index is 13.5. The van der Waals surface area contributed by atoms with Gasteiger partial charge in [-0.1, -0.05) is 27.7 Å². The van der Waals surface area contributed by atoms with Crippen LogP contribution in [0.15, 0.2) is 33.9 Å². The van der Waals surface area contributed by atoms with Crippen LogP contribution in [0.5, 0.6) is 5.75 Å². The standard InChI is InChI=1S/C24H34N4O5/c1-15(2)12-27(20-21(25)28(13-16(3)4)24(31)26-22(20)29)23(30)17-7-9-18(10-8-17)33-14-19-6-5-11-32-19/h7-10,15-16,19H,5-6,11-14,25H2,1-4H3,(H,26,29,31). The van der Waals surface area contributed by atoms with Crippen molar-refractivity contribution in [2.24, 2.45) is 11.8 Å². The lowest BCUT2D eigenvalue weighted by Crippen LogP contribution is -2.43. The lowest BCUT2D eigenvalue weighted by molar-refractivity contribution is 0.0679. The Balaban J connectivity index is 1.89. The number of benzene rings is 1. The van der Waals surface area contributed by atoms with Gasteiger partial charge < -0.3 is 20.1 Å². The minimum Gasteiger partial charge on any atom is -0.491 e. The Morgan fingerprint density at radius 1 is 1.21 bits per heavy atom. The smallest absolute Gasteiger partial charge is 0.330 e. The Kier molecular flexibility index (Phi) is 7.97. The number of amides is 1. The summed E-state index contributed by atoms with van der Waals surface area (Å²) >= 11 is 0. The quantitative estimate of drug-likeness (QED) is 0.596. The maximum Gasteiger partial charge on any atom is 0.330 e. The molecule has 0 saturated carbocycles. The van der Waals surface area contributed by atoms with Crippen molar-refractivity contribution >= 4 is 17.4 Å². The third-order valence-corrected chi connectivity index (χ3v) is 5.39. The summed E-state index contributed by atoms with van der Waals surface area (Å²) in [4.78, 5) is 42.2. The predicted molar refractivity (Wildman–Crippen MR) is 128 cm³/mol. The maximum absolute atomic E-state index is 13.5. The first-order chi connectivity index (χ1) is 15.7. The first kappa shape index (κ1) is 24.6. The molecule has 0 spiro atoms. The minimum absolute atomic E-state index is 0.00680. The molecule has 1 atom stereocenters. The van der Waals surface area contributed by atoms with E-state index in [2.05, 4.69) is 4.98 Å². The Morgan fingerprint density at radius 3 is 2.48 bits per heavy atom. The van der Waals surface area contributed by atoms with E-state index in [1.165, 1.54) is 9.47 Å². The number of rotatable bonds is 9. The number of nitrogens with zero attached hydrogens (tertiary/aromatic N) is 2. The van der Waals surface area contributed by atoms with Gasteiger partial charge >= 0.3 is 5.69 Å². The molecular formula is C24H34N4O5. The lowest BCUT2D eigenvalue weighted by atomic mass is 10.1. The molecule has 1 amide bonds. The summed E-state index contributed by atoms with van der Waals surface area (Å²) in [6.07, 6.45) is 2.12. The third-order valence-electron chi connectivity index (χ3n) is 5.39. The molecule has 1 aliphatic heterocycles. The van der Waals surface area contributed by atoms with E-state index in [-0.39, 0.29) is 41.9 Å². The monoisotopic (exact) mass is 458 g/mol. The highest BCUT2D eigenvalue weighted by Gasteiger charge is 2.26. The number of carbonyl (C=O) groups is 1. The van der Waals surface area contributed by atoms with Crippen molar-refractivity contribution in [2.75, 3.05) is 30.4 Å². The number of nitrogens with two attached hydrogens (primary N) is 1. The number of hydrogen-bond donors (Lipinski definition) is 2. The van der Waals surface area contributed by atoms with E-state index in [9.17, 15) is 14.4 Å². The van der Waals surface area contributed by atoms with Crippen molar-refractivity contribution < 1.29 is 14.3 Å². The highest BCUT2D eigenvalue weighted by molar-refractivity contribution is 6.07. The molecule has 1 saturated heterocycles.